The molecule has 0 N–H and O–H groups in total. The molecule has 1 aliphatic heterocycles. The SMILES string of the molecule is CCCCCCCCCCCCCCCCCCCN1C=CN(CCCCCCCCCCCCCCCCCCC)C1CCCC. The van der Waals surface area contributed by atoms with Crippen LogP contribution in [0.4, 0.5) is 0 Å². The molecule has 0 unspecified atom stereocenters. The van der Waals surface area contributed by atoms with Gasteiger partial charge in [0.25, 0.3) is 0 Å². The van der Waals surface area contributed by atoms with Crippen LogP contribution in [0.15, 0.2) is 12.4 Å². The van der Waals surface area contributed by atoms with Crippen molar-refractivity contribution in [2.75, 3.05) is 13.1 Å². The van der Waals surface area contributed by atoms with Gasteiger partial charge in [0.2, 0.25) is 0 Å². The third-order valence-electron chi connectivity index (χ3n) is 11.1. The lowest BCUT2D eigenvalue weighted by molar-refractivity contribution is 0.136. The van der Waals surface area contributed by atoms with Crippen molar-refractivity contribution >= 4 is 0 Å². The fourth-order valence-electron chi connectivity index (χ4n) is 7.76. The summed E-state index contributed by atoms with van der Waals surface area (Å²) in [7, 11) is 0. The van der Waals surface area contributed by atoms with Crippen LogP contribution in [0.5, 0.6) is 0 Å². The Hall–Kier alpha value is -0.660. The van der Waals surface area contributed by atoms with E-state index in [2.05, 4.69) is 43.0 Å². The predicted molar refractivity (Wildman–Crippen MR) is 214 cm³/mol. The predicted octanol–water partition coefficient (Wildman–Crippen LogP) is 15.9. The van der Waals surface area contributed by atoms with E-state index in [0.29, 0.717) is 6.17 Å². The number of hydrogen-bond acceptors (Lipinski definition) is 2. The van der Waals surface area contributed by atoms with Crippen molar-refractivity contribution < 1.29 is 0 Å². The molecule has 0 aromatic heterocycles. The Morgan fingerprint density at radius 2 is 0.489 bits per heavy atom. The molecule has 1 aliphatic rings. The smallest absolute Gasteiger partial charge is 0.101 e. The van der Waals surface area contributed by atoms with Crippen molar-refractivity contribution in [1.82, 2.24) is 9.80 Å². The Morgan fingerprint density at radius 3 is 0.723 bits per heavy atom. The molecule has 1 rings (SSSR count). The van der Waals surface area contributed by atoms with Crippen LogP contribution in [0.2, 0.25) is 0 Å². The first-order chi connectivity index (χ1) is 23.3. The van der Waals surface area contributed by atoms with E-state index < -0.39 is 0 Å². The summed E-state index contributed by atoms with van der Waals surface area (Å²) in [6, 6.07) is 0. The van der Waals surface area contributed by atoms with Gasteiger partial charge in [-0.15, -0.1) is 0 Å². The maximum Gasteiger partial charge on any atom is 0.101 e. The van der Waals surface area contributed by atoms with Crippen molar-refractivity contribution in [2.24, 2.45) is 0 Å². The molecule has 2 heteroatoms. The van der Waals surface area contributed by atoms with E-state index in [9.17, 15) is 0 Å². The van der Waals surface area contributed by atoms with Crippen molar-refractivity contribution in [2.45, 2.75) is 265 Å². The van der Waals surface area contributed by atoms with Gasteiger partial charge in [0.1, 0.15) is 6.17 Å². The Kier molecular flexibility index (Phi) is 34.6. The van der Waals surface area contributed by atoms with Crippen LogP contribution in [0.1, 0.15) is 258 Å². The van der Waals surface area contributed by atoms with Gasteiger partial charge in [0.05, 0.1) is 0 Å². The largest absolute Gasteiger partial charge is 0.356 e. The summed E-state index contributed by atoms with van der Waals surface area (Å²) in [5, 5.41) is 0. The van der Waals surface area contributed by atoms with E-state index in [-0.39, 0.29) is 0 Å². The summed E-state index contributed by atoms with van der Waals surface area (Å²) in [4.78, 5) is 5.38. The summed E-state index contributed by atoms with van der Waals surface area (Å²) in [5.74, 6) is 0. The molecule has 280 valence electrons. The summed E-state index contributed by atoms with van der Waals surface area (Å²) < 4.78 is 0. The lowest BCUT2D eigenvalue weighted by atomic mass is 10.0. The van der Waals surface area contributed by atoms with Gasteiger partial charge in [0, 0.05) is 25.5 Å². The van der Waals surface area contributed by atoms with E-state index in [1.54, 1.807) is 0 Å². The third-order valence-corrected chi connectivity index (χ3v) is 11.1. The minimum Gasteiger partial charge on any atom is -0.356 e. The van der Waals surface area contributed by atoms with Crippen LogP contribution in [0.3, 0.4) is 0 Å². The van der Waals surface area contributed by atoms with Gasteiger partial charge < -0.3 is 9.80 Å². The van der Waals surface area contributed by atoms with E-state index >= 15 is 0 Å². The van der Waals surface area contributed by atoms with Crippen molar-refractivity contribution in [3.05, 3.63) is 12.4 Å². The van der Waals surface area contributed by atoms with Gasteiger partial charge in [-0.25, -0.2) is 0 Å². The zero-order valence-electron chi connectivity index (χ0n) is 33.2. The molecule has 0 spiro atoms. The number of hydrogen-bond donors (Lipinski definition) is 0. The van der Waals surface area contributed by atoms with Gasteiger partial charge in [-0.05, 0) is 25.7 Å². The van der Waals surface area contributed by atoms with Crippen LogP contribution in [-0.2, 0) is 0 Å². The van der Waals surface area contributed by atoms with Gasteiger partial charge in [-0.1, -0.05) is 233 Å². The van der Waals surface area contributed by atoms with Crippen molar-refractivity contribution in [3.63, 3.8) is 0 Å². The minimum absolute atomic E-state index is 0.636. The van der Waals surface area contributed by atoms with Crippen LogP contribution in [0, 0.1) is 0 Å². The lowest BCUT2D eigenvalue weighted by Gasteiger charge is -2.33. The first-order valence-corrected chi connectivity index (χ1v) is 22.5. The van der Waals surface area contributed by atoms with E-state index in [4.69, 9.17) is 0 Å². The molecule has 0 aromatic carbocycles. The van der Waals surface area contributed by atoms with E-state index in [0.717, 1.165) is 0 Å². The molecule has 0 bridgehead atoms. The number of rotatable bonds is 39. The third kappa shape index (κ3) is 28.8. The molecular formula is C45H90N2. The average Bonchev–Trinajstić information content (AvgIpc) is 3.47. The Morgan fingerprint density at radius 1 is 0.277 bits per heavy atom. The molecule has 0 aromatic rings. The highest BCUT2D eigenvalue weighted by atomic mass is 15.4. The van der Waals surface area contributed by atoms with E-state index in [1.807, 2.05) is 0 Å². The molecule has 0 aliphatic carbocycles. The molecule has 0 saturated carbocycles. The first kappa shape index (κ1) is 44.4. The molecule has 0 atom stereocenters. The maximum atomic E-state index is 2.69. The second-order valence-electron chi connectivity index (χ2n) is 15.7. The quantitative estimate of drug-likeness (QED) is 0.0606. The molecule has 47 heavy (non-hydrogen) atoms. The highest BCUT2D eigenvalue weighted by molar-refractivity contribution is 4.96. The van der Waals surface area contributed by atoms with Crippen LogP contribution < -0.4 is 0 Å². The topological polar surface area (TPSA) is 6.48 Å². The highest BCUT2D eigenvalue weighted by Crippen LogP contribution is 2.23. The monoisotopic (exact) mass is 659 g/mol. The van der Waals surface area contributed by atoms with Gasteiger partial charge in [0.15, 0.2) is 0 Å². The zero-order chi connectivity index (χ0) is 33.7. The average molecular weight is 659 g/mol. The van der Waals surface area contributed by atoms with Crippen molar-refractivity contribution in [1.29, 1.82) is 0 Å². The molecule has 0 fully saturated rings. The van der Waals surface area contributed by atoms with Gasteiger partial charge in [-0.2, -0.15) is 0 Å². The summed E-state index contributed by atoms with van der Waals surface area (Å²) >= 11 is 0. The molecule has 0 radical (unpaired) electrons. The van der Waals surface area contributed by atoms with Crippen LogP contribution in [0.25, 0.3) is 0 Å². The Labute approximate surface area is 299 Å². The number of unbranched alkanes of at least 4 members (excludes halogenated alkanes) is 33. The molecule has 0 saturated heterocycles. The Bertz CT molecular complexity index is 567. The van der Waals surface area contributed by atoms with Crippen LogP contribution >= 0.6 is 0 Å². The van der Waals surface area contributed by atoms with Crippen molar-refractivity contribution in [3.8, 4) is 0 Å². The summed E-state index contributed by atoms with van der Waals surface area (Å²) in [5.41, 5.74) is 0. The second kappa shape index (κ2) is 36.6. The summed E-state index contributed by atoms with van der Waals surface area (Å²) in [6.07, 6.45) is 59.0. The standard InChI is InChI=1S/C45H90N2/c1-4-7-10-12-14-16-18-20-22-24-26-28-30-32-34-36-38-41-46-43-44-47(45(46)40-9-6-3)42-39-37-35-33-31-29-27-25-23-21-19-17-15-13-11-8-5-2/h43-45H,4-42H2,1-3H3. The van der Waals surface area contributed by atoms with Gasteiger partial charge in [-0.3, -0.25) is 0 Å². The molecular weight excluding hydrogens is 569 g/mol. The molecule has 0 amide bonds. The first-order valence-electron chi connectivity index (χ1n) is 22.5. The highest BCUT2D eigenvalue weighted by Gasteiger charge is 2.24. The minimum atomic E-state index is 0.636. The zero-order valence-corrected chi connectivity index (χ0v) is 33.2. The molecule has 2 nitrogen and oxygen atoms in total. The lowest BCUT2D eigenvalue weighted by Crippen LogP contribution is -2.39. The summed E-state index contributed by atoms with van der Waals surface area (Å²) in [6.45, 7) is 9.50. The van der Waals surface area contributed by atoms with Crippen LogP contribution in [-0.4, -0.2) is 29.1 Å². The van der Waals surface area contributed by atoms with E-state index in [1.165, 1.54) is 251 Å². The van der Waals surface area contributed by atoms with Gasteiger partial charge >= 0.3 is 0 Å². The second-order valence-corrected chi connectivity index (χ2v) is 15.7. The number of nitrogens with zero attached hydrogens (tertiary/aromatic N) is 2. The maximum absolute atomic E-state index is 2.69. The molecule has 1 heterocycles. The fourth-order valence-corrected chi connectivity index (χ4v) is 7.76. The Balaban J connectivity index is 1.94. The normalized spacial score (nSPS) is 13.5. The fraction of sp³-hybridized carbons (Fsp3) is 0.956.